The summed E-state index contributed by atoms with van der Waals surface area (Å²) in [5, 5.41) is 2.36. The van der Waals surface area contributed by atoms with Crippen molar-refractivity contribution >= 4 is 41.5 Å². The molecule has 1 saturated carbocycles. The number of methoxy groups -OCH3 is 1. The molecule has 1 aromatic rings. The van der Waals surface area contributed by atoms with Gasteiger partial charge in [0.05, 0.1) is 18.7 Å². The summed E-state index contributed by atoms with van der Waals surface area (Å²) in [6, 6.07) is 2.06. The number of ether oxygens (including phenoxy) is 3. The number of hydrogen-bond donors (Lipinski definition) is 1. The number of benzene rings is 1. The van der Waals surface area contributed by atoms with E-state index in [1.807, 2.05) is 0 Å². The lowest BCUT2D eigenvalue weighted by molar-refractivity contribution is -0.145. The number of urea groups is 1. The Morgan fingerprint density at radius 3 is 2.59 bits per heavy atom. The summed E-state index contributed by atoms with van der Waals surface area (Å²) in [6.45, 7) is 1.54. The minimum absolute atomic E-state index is 0.115. The first-order valence-corrected chi connectivity index (χ1v) is 10.8. The molecule has 2 fully saturated rings. The molecule has 32 heavy (non-hydrogen) atoms. The molecule has 10 heteroatoms. The molecule has 1 N–H and O–H groups in total. The van der Waals surface area contributed by atoms with Gasteiger partial charge in [0.2, 0.25) is 0 Å². The second-order valence-electron chi connectivity index (χ2n) is 7.41. The van der Waals surface area contributed by atoms with E-state index < -0.39 is 23.8 Å². The highest BCUT2D eigenvalue weighted by Crippen LogP contribution is 2.37. The lowest BCUT2D eigenvalue weighted by atomic mass is 9.93. The summed E-state index contributed by atoms with van der Waals surface area (Å²) in [4.78, 5) is 50.5. The number of nitrogens with zero attached hydrogens (tertiary/aromatic N) is 1. The van der Waals surface area contributed by atoms with Gasteiger partial charge in [-0.1, -0.05) is 30.9 Å². The fourth-order valence-corrected chi connectivity index (χ4v) is 4.08. The summed E-state index contributed by atoms with van der Waals surface area (Å²) in [6.07, 6.45) is 5.69. The Kier molecular flexibility index (Phi) is 7.74. The van der Waals surface area contributed by atoms with Gasteiger partial charge < -0.3 is 14.2 Å². The number of rotatable bonds is 7. The first kappa shape index (κ1) is 23.6. The van der Waals surface area contributed by atoms with E-state index in [9.17, 15) is 19.2 Å². The van der Waals surface area contributed by atoms with E-state index in [0.29, 0.717) is 18.4 Å². The predicted octanol–water partition coefficient (Wildman–Crippen LogP) is 3.09. The van der Waals surface area contributed by atoms with E-state index >= 15 is 0 Å². The Labute approximate surface area is 190 Å². The van der Waals surface area contributed by atoms with Crippen LogP contribution >= 0.6 is 11.6 Å². The van der Waals surface area contributed by atoms with Gasteiger partial charge in [0.25, 0.3) is 11.8 Å². The monoisotopic (exact) mass is 464 g/mol. The molecule has 172 valence electrons. The average Bonchev–Trinajstić information content (AvgIpc) is 2.76. The predicted molar refractivity (Wildman–Crippen MR) is 115 cm³/mol. The van der Waals surface area contributed by atoms with Crippen LogP contribution < -0.4 is 14.8 Å². The SMILES string of the molecule is CCOC(=O)COc1c(Cl)cc(C=C2C(=O)NC(=O)N(C3CCCCC3)C2=O)cc1OC. The fourth-order valence-electron chi connectivity index (χ4n) is 3.81. The van der Waals surface area contributed by atoms with Gasteiger partial charge in [0, 0.05) is 6.04 Å². The quantitative estimate of drug-likeness (QED) is 0.375. The number of carbonyl (C=O) groups is 4. The normalized spacial score (nSPS) is 18.5. The minimum Gasteiger partial charge on any atom is -0.493 e. The zero-order valence-electron chi connectivity index (χ0n) is 17.9. The van der Waals surface area contributed by atoms with Crippen LogP contribution in [0.4, 0.5) is 4.79 Å². The molecule has 1 saturated heterocycles. The molecule has 4 amide bonds. The Hall–Kier alpha value is -3.07. The van der Waals surface area contributed by atoms with Crippen molar-refractivity contribution in [3.05, 3.63) is 28.3 Å². The van der Waals surface area contributed by atoms with Crippen LogP contribution in [0.2, 0.25) is 5.02 Å². The largest absolute Gasteiger partial charge is 0.493 e. The summed E-state index contributed by atoms with van der Waals surface area (Å²) in [5.41, 5.74) is 0.222. The Bertz CT molecular complexity index is 954. The van der Waals surface area contributed by atoms with Crippen molar-refractivity contribution in [1.29, 1.82) is 0 Å². The third-order valence-corrected chi connectivity index (χ3v) is 5.56. The van der Waals surface area contributed by atoms with Gasteiger partial charge in [-0.05, 0) is 43.5 Å². The molecular weight excluding hydrogens is 440 g/mol. The van der Waals surface area contributed by atoms with Gasteiger partial charge >= 0.3 is 12.0 Å². The standard InChI is InChI=1S/C22H25ClN2O7/c1-3-31-18(26)12-32-19-16(23)10-13(11-17(19)30-2)9-15-20(27)24-22(29)25(21(15)28)14-7-5-4-6-8-14/h9-11,14H,3-8,12H2,1-2H3,(H,24,27,29). The zero-order chi connectivity index (χ0) is 23.3. The summed E-state index contributed by atoms with van der Waals surface area (Å²) >= 11 is 6.30. The molecule has 0 aromatic heterocycles. The lowest BCUT2D eigenvalue weighted by Crippen LogP contribution is -2.58. The Morgan fingerprint density at radius 2 is 1.94 bits per heavy atom. The number of halogens is 1. The van der Waals surface area contributed by atoms with Gasteiger partial charge in [0.1, 0.15) is 5.57 Å². The van der Waals surface area contributed by atoms with Crippen molar-refractivity contribution in [3.63, 3.8) is 0 Å². The Balaban J connectivity index is 1.87. The number of esters is 1. The summed E-state index contributed by atoms with van der Waals surface area (Å²) in [7, 11) is 1.39. The minimum atomic E-state index is -0.773. The molecular formula is C22H25ClN2O7. The van der Waals surface area contributed by atoms with Crippen molar-refractivity contribution in [2.24, 2.45) is 0 Å². The molecule has 0 spiro atoms. The van der Waals surface area contributed by atoms with Crippen LogP contribution in [0.5, 0.6) is 11.5 Å². The molecule has 0 bridgehead atoms. The number of carbonyl (C=O) groups excluding carboxylic acids is 4. The first-order chi connectivity index (χ1) is 15.3. The molecule has 3 rings (SSSR count). The van der Waals surface area contributed by atoms with E-state index in [2.05, 4.69) is 5.32 Å². The molecule has 9 nitrogen and oxygen atoms in total. The van der Waals surface area contributed by atoms with E-state index in [-0.39, 0.29) is 41.4 Å². The van der Waals surface area contributed by atoms with E-state index in [1.54, 1.807) is 6.92 Å². The molecule has 0 radical (unpaired) electrons. The third kappa shape index (κ3) is 5.21. The molecule has 1 aliphatic heterocycles. The number of imide groups is 2. The van der Waals surface area contributed by atoms with Crippen molar-refractivity contribution in [2.75, 3.05) is 20.3 Å². The van der Waals surface area contributed by atoms with Gasteiger partial charge in [-0.3, -0.25) is 19.8 Å². The van der Waals surface area contributed by atoms with Gasteiger partial charge in [-0.15, -0.1) is 0 Å². The zero-order valence-corrected chi connectivity index (χ0v) is 18.7. The van der Waals surface area contributed by atoms with E-state index in [0.717, 1.165) is 24.2 Å². The average molecular weight is 465 g/mol. The molecule has 1 aliphatic carbocycles. The highest BCUT2D eigenvalue weighted by atomic mass is 35.5. The maximum atomic E-state index is 13.0. The molecule has 1 heterocycles. The van der Waals surface area contributed by atoms with E-state index in [1.165, 1.54) is 25.3 Å². The lowest BCUT2D eigenvalue weighted by Gasteiger charge is -2.35. The number of nitrogens with one attached hydrogen (secondary N) is 1. The van der Waals surface area contributed by atoms with Crippen LogP contribution in [0.3, 0.4) is 0 Å². The molecule has 2 aliphatic rings. The van der Waals surface area contributed by atoms with Gasteiger partial charge in [-0.2, -0.15) is 0 Å². The van der Waals surface area contributed by atoms with Crippen molar-refractivity contribution in [1.82, 2.24) is 10.2 Å². The van der Waals surface area contributed by atoms with Crippen LogP contribution in [0.25, 0.3) is 6.08 Å². The van der Waals surface area contributed by atoms with E-state index in [4.69, 9.17) is 25.8 Å². The van der Waals surface area contributed by atoms with Crippen molar-refractivity contribution < 1.29 is 33.4 Å². The number of barbiturate groups is 1. The second kappa shape index (κ2) is 10.5. The van der Waals surface area contributed by atoms with Crippen LogP contribution in [0.1, 0.15) is 44.6 Å². The van der Waals surface area contributed by atoms with Crippen LogP contribution in [-0.4, -0.2) is 55.1 Å². The maximum Gasteiger partial charge on any atom is 0.344 e. The van der Waals surface area contributed by atoms with Gasteiger partial charge in [-0.25, -0.2) is 9.59 Å². The molecule has 0 atom stereocenters. The highest BCUT2D eigenvalue weighted by Gasteiger charge is 2.40. The topological polar surface area (TPSA) is 111 Å². The molecule has 0 unspecified atom stereocenters. The summed E-state index contributed by atoms with van der Waals surface area (Å²) < 4.78 is 15.5. The number of amides is 4. The van der Waals surface area contributed by atoms with Crippen LogP contribution in [0, 0.1) is 0 Å². The Morgan fingerprint density at radius 1 is 1.22 bits per heavy atom. The first-order valence-electron chi connectivity index (χ1n) is 10.4. The maximum absolute atomic E-state index is 13.0. The smallest absolute Gasteiger partial charge is 0.344 e. The fraction of sp³-hybridized carbons (Fsp3) is 0.455. The highest BCUT2D eigenvalue weighted by molar-refractivity contribution is 6.33. The van der Waals surface area contributed by atoms with Gasteiger partial charge in [0.15, 0.2) is 18.1 Å². The van der Waals surface area contributed by atoms with Crippen LogP contribution in [0.15, 0.2) is 17.7 Å². The van der Waals surface area contributed by atoms with Crippen LogP contribution in [-0.2, 0) is 19.1 Å². The number of hydrogen-bond acceptors (Lipinski definition) is 7. The molecule has 1 aromatic carbocycles. The van der Waals surface area contributed by atoms with Crippen molar-refractivity contribution in [3.8, 4) is 11.5 Å². The summed E-state index contributed by atoms with van der Waals surface area (Å²) in [5.74, 6) is -1.64. The second-order valence-corrected chi connectivity index (χ2v) is 7.82. The third-order valence-electron chi connectivity index (χ3n) is 5.28. The van der Waals surface area contributed by atoms with Crippen molar-refractivity contribution in [2.45, 2.75) is 45.1 Å².